The van der Waals surface area contributed by atoms with Gasteiger partial charge in [0.25, 0.3) is 5.91 Å². The largest absolute Gasteiger partial charge is 0.497 e. The Morgan fingerprint density at radius 3 is 2.48 bits per heavy atom. The number of para-hydroxylation sites is 1. The standard InChI is InChI=1S/C31H38N4O5/c1-21-17-35(22(2)20-36)30(37)27-16-25(33-31(38)32-24-8-6-5-7-9-24)12-15-28(27)40-29(21)19-34(3)18-23-10-13-26(39-4)14-11-23/h5-16,21-22,29,36H,17-20H2,1-4H3,(H2,32,33,38)/t21-,22+,29+/m0/s1. The summed E-state index contributed by atoms with van der Waals surface area (Å²) in [6, 6.07) is 21.4. The lowest BCUT2D eigenvalue weighted by atomic mass is 9.99. The van der Waals surface area contributed by atoms with E-state index in [0.717, 1.165) is 17.9 Å². The molecule has 1 aliphatic heterocycles. The molecule has 1 aliphatic rings. The number of aliphatic hydroxyl groups is 1. The zero-order valence-corrected chi connectivity index (χ0v) is 23.5. The second kappa shape index (κ2) is 13.3. The summed E-state index contributed by atoms with van der Waals surface area (Å²) in [5.41, 5.74) is 2.61. The van der Waals surface area contributed by atoms with Gasteiger partial charge in [0.1, 0.15) is 17.6 Å². The lowest BCUT2D eigenvalue weighted by Crippen LogP contribution is -2.49. The number of benzene rings is 3. The highest BCUT2D eigenvalue weighted by atomic mass is 16.5. The maximum absolute atomic E-state index is 13.7. The summed E-state index contributed by atoms with van der Waals surface area (Å²) < 4.78 is 11.7. The molecule has 9 heteroatoms. The molecule has 0 bridgehead atoms. The van der Waals surface area contributed by atoms with Crippen molar-refractivity contribution in [2.75, 3.05) is 44.5 Å². The minimum Gasteiger partial charge on any atom is -0.497 e. The third-order valence-corrected chi connectivity index (χ3v) is 7.06. The van der Waals surface area contributed by atoms with Crippen molar-refractivity contribution in [3.05, 3.63) is 83.9 Å². The fourth-order valence-electron chi connectivity index (χ4n) is 4.75. The van der Waals surface area contributed by atoms with Crippen LogP contribution in [0.15, 0.2) is 72.8 Å². The topological polar surface area (TPSA) is 103 Å². The molecule has 40 heavy (non-hydrogen) atoms. The average Bonchev–Trinajstić information content (AvgIpc) is 2.95. The predicted molar refractivity (Wildman–Crippen MR) is 156 cm³/mol. The molecule has 3 atom stereocenters. The van der Waals surface area contributed by atoms with E-state index in [1.165, 1.54) is 0 Å². The number of nitrogens with zero attached hydrogens (tertiary/aromatic N) is 2. The van der Waals surface area contributed by atoms with Crippen LogP contribution in [0.4, 0.5) is 16.2 Å². The Labute approximate surface area is 235 Å². The van der Waals surface area contributed by atoms with Gasteiger partial charge in [-0.15, -0.1) is 0 Å². The number of fused-ring (bicyclic) bond motifs is 1. The highest BCUT2D eigenvalue weighted by molar-refractivity contribution is 6.02. The molecule has 0 aliphatic carbocycles. The van der Waals surface area contributed by atoms with E-state index < -0.39 is 6.03 Å². The van der Waals surface area contributed by atoms with Gasteiger partial charge in [-0.25, -0.2) is 4.79 Å². The zero-order chi connectivity index (χ0) is 28.6. The van der Waals surface area contributed by atoms with Gasteiger partial charge in [0.05, 0.1) is 25.3 Å². The number of rotatable bonds is 9. The number of amides is 3. The highest BCUT2D eigenvalue weighted by Gasteiger charge is 2.33. The van der Waals surface area contributed by atoms with Crippen molar-refractivity contribution in [1.82, 2.24) is 9.80 Å². The second-order valence-electron chi connectivity index (χ2n) is 10.3. The first-order valence-corrected chi connectivity index (χ1v) is 13.4. The van der Waals surface area contributed by atoms with Gasteiger partial charge in [-0.05, 0) is 62.0 Å². The second-order valence-corrected chi connectivity index (χ2v) is 10.3. The molecule has 0 unspecified atom stereocenters. The summed E-state index contributed by atoms with van der Waals surface area (Å²) in [6.45, 7) is 5.50. The van der Waals surface area contributed by atoms with Crippen LogP contribution in [0.3, 0.4) is 0 Å². The number of hydrogen-bond donors (Lipinski definition) is 3. The van der Waals surface area contributed by atoms with Crippen molar-refractivity contribution in [1.29, 1.82) is 0 Å². The molecule has 212 valence electrons. The Morgan fingerprint density at radius 2 is 1.80 bits per heavy atom. The summed E-state index contributed by atoms with van der Waals surface area (Å²) >= 11 is 0. The van der Waals surface area contributed by atoms with Crippen molar-refractivity contribution >= 4 is 23.3 Å². The number of aliphatic hydroxyl groups excluding tert-OH is 1. The van der Waals surface area contributed by atoms with Crippen LogP contribution in [0.5, 0.6) is 11.5 Å². The van der Waals surface area contributed by atoms with Gasteiger partial charge in [-0.1, -0.05) is 37.3 Å². The maximum atomic E-state index is 13.7. The molecule has 1 heterocycles. The number of urea groups is 1. The molecule has 0 saturated carbocycles. The molecule has 0 aromatic heterocycles. The van der Waals surface area contributed by atoms with Crippen molar-refractivity contribution in [3.8, 4) is 11.5 Å². The number of likely N-dealkylation sites (N-methyl/N-ethyl adjacent to an activating group) is 1. The van der Waals surface area contributed by atoms with Gasteiger partial charge in [0, 0.05) is 36.9 Å². The molecular weight excluding hydrogens is 508 g/mol. The predicted octanol–water partition coefficient (Wildman–Crippen LogP) is 4.69. The van der Waals surface area contributed by atoms with E-state index in [0.29, 0.717) is 35.8 Å². The number of carbonyl (C=O) groups is 2. The van der Waals surface area contributed by atoms with Crippen LogP contribution in [0, 0.1) is 5.92 Å². The van der Waals surface area contributed by atoms with Crippen molar-refractivity contribution < 1.29 is 24.2 Å². The minimum atomic E-state index is -0.419. The molecule has 0 saturated heterocycles. The molecular formula is C31H38N4O5. The monoisotopic (exact) mass is 546 g/mol. The third kappa shape index (κ3) is 7.31. The molecule has 0 spiro atoms. The van der Waals surface area contributed by atoms with Crippen molar-refractivity contribution in [2.24, 2.45) is 5.92 Å². The molecule has 4 rings (SSSR count). The van der Waals surface area contributed by atoms with Gasteiger partial charge < -0.3 is 30.1 Å². The zero-order valence-electron chi connectivity index (χ0n) is 23.5. The Morgan fingerprint density at radius 1 is 1.10 bits per heavy atom. The Balaban J connectivity index is 1.54. The van der Waals surface area contributed by atoms with Gasteiger partial charge in [0.2, 0.25) is 0 Å². The number of methoxy groups -OCH3 is 1. The van der Waals surface area contributed by atoms with Crippen LogP contribution in [0.1, 0.15) is 29.8 Å². The molecule has 0 fully saturated rings. The smallest absolute Gasteiger partial charge is 0.323 e. The molecule has 3 aromatic carbocycles. The van der Waals surface area contributed by atoms with E-state index in [-0.39, 0.29) is 30.6 Å². The summed E-state index contributed by atoms with van der Waals surface area (Å²) in [4.78, 5) is 30.1. The van der Waals surface area contributed by atoms with E-state index in [1.807, 2.05) is 56.4 Å². The molecule has 3 amide bonds. The molecule has 9 nitrogen and oxygen atoms in total. The Hall–Kier alpha value is -4.08. The highest BCUT2D eigenvalue weighted by Crippen LogP contribution is 2.31. The maximum Gasteiger partial charge on any atom is 0.323 e. The van der Waals surface area contributed by atoms with E-state index in [1.54, 1.807) is 42.3 Å². The van der Waals surface area contributed by atoms with Crippen molar-refractivity contribution in [3.63, 3.8) is 0 Å². The first-order chi connectivity index (χ1) is 19.3. The van der Waals surface area contributed by atoms with E-state index >= 15 is 0 Å². The van der Waals surface area contributed by atoms with Crippen LogP contribution in [0.25, 0.3) is 0 Å². The summed E-state index contributed by atoms with van der Waals surface area (Å²) in [5.74, 6) is 1.01. The van der Waals surface area contributed by atoms with Crippen molar-refractivity contribution in [2.45, 2.75) is 32.5 Å². The van der Waals surface area contributed by atoms with Gasteiger partial charge in [-0.3, -0.25) is 9.69 Å². The summed E-state index contributed by atoms with van der Waals surface area (Å²) in [5, 5.41) is 15.5. The fourth-order valence-corrected chi connectivity index (χ4v) is 4.75. The summed E-state index contributed by atoms with van der Waals surface area (Å²) in [6.07, 6.45) is -0.219. The van der Waals surface area contributed by atoms with Crippen LogP contribution < -0.4 is 20.1 Å². The molecule has 3 N–H and O–H groups in total. The number of ether oxygens (including phenoxy) is 2. The SMILES string of the molecule is COc1ccc(CN(C)C[C@H]2Oc3ccc(NC(=O)Nc4ccccc4)cc3C(=O)N([C@H](C)CO)C[C@@H]2C)cc1. The number of hydrogen-bond acceptors (Lipinski definition) is 6. The lowest BCUT2D eigenvalue weighted by molar-refractivity contribution is 0.0341. The van der Waals surface area contributed by atoms with Gasteiger partial charge >= 0.3 is 6.03 Å². The summed E-state index contributed by atoms with van der Waals surface area (Å²) in [7, 11) is 3.69. The first kappa shape index (κ1) is 28.9. The molecule has 3 aromatic rings. The lowest BCUT2D eigenvalue weighted by Gasteiger charge is -2.38. The quantitative estimate of drug-likeness (QED) is 0.360. The number of carbonyl (C=O) groups excluding carboxylic acids is 2. The van der Waals surface area contributed by atoms with Crippen LogP contribution in [-0.2, 0) is 6.54 Å². The van der Waals surface area contributed by atoms with Crippen LogP contribution >= 0.6 is 0 Å². The number of nitrogens with one attached hydrogen (secondary N) is 2. The Kier molecular flexibility index (Phi) is 9.63. The normalized spacial score (nSPS) is 17.8. The third-order valence-electron chi connectivity index (χ3n) is 7.06. The average molecular weight is 547 g/mol. The first-order valence-electron chi connectivity index (χ1n) is 13.4. The number of anilines is 2. The fraction of sp³-hybridized carbons (Fsp3) is 0.355. The minimum absolute atomic E-state index is 0.00105. The van der Waals surface area contributed by atoms with E-state index in [4.69, 9.17) is 9.47 Å². The van der Waals surface area contributed by atoms with Crippen LogP contribution in [-0.4, -0.2) is 72.8 Å². The van der Waals surface area contributed by atoms with Gasteiger partial charge in [0.15, 0.2) is 0 Å². The van der Waals surface area contributed by atoms with E-state index in [9.17, 15) is 14.7 Å². The van der Waals surface area contributed by atoms with Gasteiger partial charge in [-0.2, -0.15) is 0 Å². The van der Waals surface area contributed by atoms with E-state index in [2.05, 4.69) is 22.5 Å². The van der Waals surface area contributed by atoms with Crippen LogP contribution in [0.2, 0.25) is 0 Å². The molecule has 0 radical (unpaired) electrons. The Bertz CT molecular complexity index is 1280.